The molecular formula is C26H30FN3O3. The molecule has 2 saturated heterocycles. The van der Waals surface area contributed by atoms with Crippen molar-refractivity contribution in [1.29, 1.82) is 0 Å². The monoisotopic (exact) mass is 451 g/mol. The third kappa shape index (κ3) is 3.54. The minimum atomic E-state index is -1.31. The van der Waals surface area contributed by atoms with Gasteiger partial charge in [0.25, 0.3) is 11.7 Å². The topological polar surface area (TPSA) is 45.3 Å². The summed E-state index contributed by atoms with van der Waals surface area (Å²) in [6, 6.07) is 14.8. The highest BCUT2D eigenvalue weighted by atomic mass is 19.1. The summed E-state index contributed by atoms with van der Waals surface area (Å²) in [5.74, 6) is -1.62. The molecule has 33 heavy (non-hydrogen) atoms. The molecule has 0 aromatic heterocycles. The second kappa shape index (κ2) is 8.38. The van der Waals surface area contributed by atoms with Crippen LogP contribution in [0.4, 0.5) is 15.8 Å². The van der Waals surface area contributed by atoms with Crippen LogP contribution in [0.15, 0.2) is 48.5 Å². The Bertz CT molecular complexity index is 1020. The molecule has 4 aliphatic rings. The van der Waals surface area contributed by atoms with Gasteiger partial charge in [-0.05, 0) is 31.0 Å². The number of carbonyl (C=O) groups is 1. The molecule has 174 valence electrons. The average molecular weight is 452 g/mol. The van der Waals surface area contributed by atoms with E-state index in [1.807, 2.05) is 41.3 Å². The van der Waals surface area contributed by atoms with Gasteiger partial charge in [-0.3, -0.25) is 14.6 Å². The second-order valence-electron chi connectivity index (χ2n) is 9.52. The number of carbonyl (C=O) groups excluding carboxylic acids is 1. The molecule has 0 unspecified atom stereocenters. The molecule has 1 saturated carbocycles. The van der Waals surface area contributed by atoms with Crippen LogP contribution >= 0.6 is 0 Å². The first kappa shape index (κ1) is 21.1. The van der Waals surface area contributed by atoms with Crippen molar-refractivity contribution >= 4 is 17.3 Å². The maximum Gasteiger partial charge on any atom is 0.293 e. The molecule has 3 aliphatic heterocycles. The largest absolute Gasteiger partial charge is 0.367 e. The quantitative estimate of drug-likeness (QED) is 0.709. The third-order valence-electron chi connectivity index (χ3n) is 7.51. The van der Waals surface area contributed by atoms with E-state index < -0.39 is 5.79 Å². The lowest BCUT2D eigenvalue weighted by atomic mass is 10.1. The Balaban J connectivity index is 1.20. The van der Waals surface area contributed by atoms with E-state index in [2.05, 4.69) is 9.80 Å². The smallest absolute Gasteiger partial charge is 0.293 e. The molecule has 3 heterocycles. The molecule has 3 fully saturated rings. The number of benzene rings is 2. The number of rotatable bonds is 3. The number of ether oxygens (including phenoxy) is 2. The van der Waals surface area contributed by atoms with Gasteiger partial charge in [-0.15, -0.1) is 0 Å². The van der Waals surface area contributed by atoms with Gasteiger partial charge in [-0.25, -0.2) is 4.39 Å². The summed E-state index contributed by atoms with van der Waals surface area (Å²) in [6.07, 6.45) is 5.28. The molecule has 0 bridgehead atoms. The van der Waals surface area contributed by atoms with Gasteiger partial charge < -0.3 is 14.4 Å². The van der Waals surface area contributed by atoms with E-state index >= 15 is 0 Å². The molecule has 0 radical (unpaired) electrons. The van der Waals surface area contributed by atoms with Crippen molar-refractivity contribution in [1.82, 2.24) is 4.90 Å². The maximum absolute atomic E-state index is 14.2. The first-order chi connectivity index (χ1) is 16.2. The highest BCUT2D eigenvalue weighted by molar-refractivity contribution is 6.06. The third-order valence-corrected chi connectivity index (χ3v) is 7.51. The molecule has 1 spiro atoms. The van der Waals surface area contributed by atoms with Crippen LogP contribution in [0.5, 0.6) is 0 Å². The van der Waals surface area contributed by atoms with Crippen molar-refractivity contribution < 1.29 is 18.7 Å². The summed E-state index contributed by atoms with van der Waals surface area (Å²) >= 11 is 0. The van der Waals surface area contributed by atoms with Gasteiger partial charge in [-0.2, -0.15) is 0 Å². The van der Waals surface area contributed by atoms with Crippen molar-refractivity contribution in [2.75, 3.05) is 42.6 Å². The number of hydrogen-bond donors (Lipinski definition) is 0. The van der Waals surface area contributed by atoms with Gasteiger partial charge in [0.05, 0.1) is 30.3 Å². The van der Waals surface area contributed by atoms with Gasteiger partial charge in [-0.1, -0.05) is 49.6 Å². The zero-order valence-electron chi connectivity index (χ0n) is 18.8. The lowest BCUT2D eigenvalue weighted by Crippen LogP contribution is -2.52. The number of piperazine rings is 1. The lowest BCUT2D eigenvalue weighted by molar-refractivity contribution is -0.191. The Morgan fingerprint density at radius 3 is 2.18 bits per heavy atom. The predicted molar refractivity (Wildman–Crippen MR) is 123 cm³/mol. The van der Waals surface area contributed by atoms with Crippen LogP contribution in [-0.4, -0.2) is 55.9 Å². The second-order valence-corrected chi connectivity index (χ2v) is 9.52. The molecule has 0 N–H and O–H groups in total. The standard InChI is InChI=1S/C26H30FN3O3/c27-20-9-5-7-11-22(20)29-16-14-28(15-17-29)18-30-21-10-6-4-8-19(21)26(25(30)31)32-23-12-2-1-3-13-24(23)33-26/h4-11,23-24H,1-3,12-18H2/t23-,24-/m1/s1. The number of para-hydroxylation sites is 2. The predicted octanol–water partition coefficient (Wildman–Crippen LogP) is 3.85. The summed E-state index contributed by atoms with van der Waals surface area (Å²) in [5, 5.41) is 0. The van der Waals surface area contributed by atoms with Crippen molar-refractivity contribution in [2.24, 2.45) is 0 Å². The molecule has 1 aliphatic carbocycles. The molecule has 6 rings (SSSR count). The summed E-state index contributed by atoms with van der Waals surface area (Å²) < 4.78 is 27.1. The van der Waals surface area contributed by atoms with Gasteiger partial charge in [0, 0.05) is 31.7 Å². The highest BCUT2D eigenvalue weighted by Crippen LogP contribution is 2.50. The van der Waals surface area contributed by atoms with Crippen molar-refractivity contribution in [3.63, 3.8) is 0 Å². The maximum atomic E-state index is 14.2. The van der Waals surface area contributed by atoms with Crippen LogP contribution in [0.2, 0.25) is 0 Å². The van der Waals surface area contributed by atoms with Crippen molar-refractivity contribution in [3.05, 3.63) is 59.9 Å². The average Bonchev–Trinajstić information content (AvgIpc) is 3.21. The summed E-state index contributed by atoms with van der Waals surface area (Å²) in [5.41, 5.74) is 2.34. The van der Waals surface area contributed by atoms with E-state index in [0.29, 0.717) is 25.4 Å². The van der Waals surface area contributed by atoms with Gasteiger partial charge >= 0.3 is 0 Å². The number of anilines is 2. The summed E-state index contributed by atoms with van der Waals surface area (Å²) in [4.78, 5) is 19.9. The first-order valence-corrected chi connectivity index (χ1v) is 12.1. The van der Waals surface area contributed by atoms with E-state index in [9.17, 15) is 9.18 Å². The van der Waals surface area contributed by atoms with Crippen LogP contribution in [-0.2, 0) is 20.1 Å². The minimum Gasteiger partial charge on any atom is -0.367 e. The van der Waals surface area contributed by atoms with E-state index in [-0.39, 0.29) is 23.9 Å². The Morgan fingerprint density at radius 2 is 1.48 bits per heavy atom. The molecule has 7 heteroatoms. The molecule has 6 nitrogen and oxygen atoms in total. The molecule has 1 amide bonds. The van der Waals surface area contributed by atoms with E-state index in [1.54, 1.807) is 6.07 Å². The zero-order chi connectivity index (χ0) is 22.4. The molecule has 2 aromatic rings. The van der Waals surface area contributed by atoms with Crippen LogP contribution in [0.25, 0.3) is 0 Å². The number of fused-ring (bicyclic) bond motifs is 3. The van der Waals surface area contributed by atoms with Crippen LogP contribution in [0, 0.1) is 5.82 Å². The Morgan fingerprint density at radius 1 is 0.848 bits per heavy atom. The molecule has 2 atom stereocenters. The fourth-order valence-electron chi connectivity index (χ4n) is 5.76. The Kier molecular flexibility index (Phi) is 5.35. The van der Waals surface area contributed by atoms with E-state index in [0.717, 1.165) is 50.0 Å². The SMILES string of the molecule is O=C1N(CN2CCN(c3ccccc3F)CC2)c2ccccc2C12O[C@@H]1CCCCC[C@H]1O2. The fourth-order valence-corrected chi connectivity index (χ4v) is 5.76. The van der Waals surface area contributed by atoms with Gasteiger partial charge in [0.1, 0.15) is 5.82 Å². The number of nitrogens with zero attached hydrogens (tertiary/aromatic N) is 3. The molecular weight excluding hydrogens is 421 g/mol. The van der Waals surface area contributed by atoms with Crippen molar-refractivity contribution in [2.45, 2.75) is 50.1 Å². The van der Waals surface area contributed by atoms with Crippen LogP contribution in [0.3, 0.4) is 0 Å². The summed E-state index contributed by atoms with van der Waals surface area (Å²) in [7, 11) is 0. The van der Waals surface area contributed by atoms with Crippen LogP contribution in [0.1, 0.15) is 37.7 Å². The molecule has 2 aromatic carbocycles. The Hall–Kier alpha value is -2.48. The number of halogens is 1. The van der Waals surface area contributed by atoms with Gasteiger partial charge in [0.15, 0.2) is 0 Å². The highest BCUT2D eigenvalue weighted by Gasteiger charge is 2.61. The Labute approximate surface area is 193 Å². The zero-order valence-corrected chi connectivity index (χ0v) is 18.8. The van der Waals surface area contributed by atoms with E-state index in [1.165, 1.54) is 12.5 Å². The number of hydrogen-bond acceptors (Lipinski definition) is 5. The van der Waals surface area contributed by atoms with E-state index in [4.69, 9.17) is 9.47 Å². The number of amides is 1. The normalized spacial score (nSPS) is 27.0. The van der Waals surface area contributed by atoms with Crippen molar-refractivity contribution in [3.8, 4) is 0 Å². The summed E-state index contributed by atoms with van der Waals surface area (Å²) in [6.45, 7) is 3.41. The van der Waals surface area contributed by atoms with Crippen LogP contribution < -0.4 is 9.80 Å². The fraction of sp³-hybridized carbons (Fsp3) is 0.500. The minimum absolute atomic E-state index is 0.0197. The van der Waals surface area contributed by atoms with Gasteiger partial charge in [0.2, 0.25) is 0 Å². The first-order valence-electron chi connectivity index (χ1n) is 12.1. The lowest BCUT2D eigenvalue weighted by Gasteiger charge is -2.38.